The van der Waals surface area contributed by atoms with Crippen molar-refractivity contribution in [2.24, 2.45) is 0 Å². The number of hydrogen-bond donors (Lipinski definition) is 2. The Kier molecular flexibility index (Phi) is 6.07. The second-order valence-corrected chi connectivity index (χ2v) is 7.15. The first-order valence-electron chi connectivity index (χ1n) is 9.35. The number of carbonyl (C=O) groups is 1. The normalized spacial score (nSPS) is 13.5. The van der Waals surface area contributed by atoms with Gasteiger partial charge in [-0.15, -0.1) is 0 Å². The first-order chi connectivity index (χ1) is 13.5. The topological polar surface area (TPSA) is 49.3 Å². The van der Waals surface area contributed by atoms with E-state index in [-0.39, 0.29) is 6.04 Å². The summed E-state index contributed by atoms with van der Waals surface area (Å²) in [4.78, 5) is 12.2. The summed E-state index contributed by atoms with van der Waals surface area (Å²) in [5.74, 6) is -0.923. The standard InChI is InChI=1S/C25H25NO2/c1-19-13-15-20(16-14-19)17-18-25(2,24(27)28)26-23(21-9-5-3-6-10-21)22-11-7-4-8-12-22/h3-18,23,26H,1-2H3,(H,27,28)/b18-17+. The Bertz CT molecular complexity index is 894. The van der Waals surface area contributed by atoms with Crippen molar-refractivity contribution in [3.63, 3.8) is 0 Å². The molecule has 28 heavy (non-hydrogen) atoms. The highest BCUT2D eigenvalue weighted by Gasteiger charge is 2.33. The number of carboxylic acid groups (broad SMARTS) is 1. The predicted octanol–water partition coefficient (Wildman–Crippen LogP) is 5.23. The van der Waals surface area contributed by atoms with Crippen molar-refractivity contribution in [2.75, 3.05) is 0 Å². The average molecular weight is 371 g/mol. The zero-order chi connectivity index (χ0) is 20.0. The molecule has 3 aromatic rings. The van der Waals surface area contributed by atoms with Crippen molar-refractivity contribution in [3.05, 3.63) is 113 Å². The summed E-state index contributed by atoms with van der Waals surface area (Å²) in [6.45, 7) is 3.72. The highest BCUT2D eigenvalue weighted by molar-refractivity contribution is 5.82. The van der Waals surface area contributed by atoms with Crippen molar-refractivity contribution >= 4 is 12.0 Å². The molecule has 142 valence electrons. The number of rotatable bonds is 7. The summed E-state index contributed by atoms with van der Waals surface area (Å²) in [6, 6.07) is 27.6. The highest BCUT2D eigenvalue weighted by Crippen LogP contribution is 2.26. The third kappa shape index (κ3) is 4.76. The van der Waals surface area contributed by atoms with Crippen LogP contribution in [-0.2, 0) is 4.79 Å². The van der Waals surface area contributed by atoms with Crippen LogP contribution in [0.15, 0.2) is 91.0 Å². The maximum Gasteiger partial charge on any atom is 0.327 e. The SMILES string of the molecule is Cc1ccc(/C=C/C(C)(NC(c2ccccc2)c2ccccc2)C(=O)O)cc1. The lowest BCUT2D eigenvalue weighted by molar-refractivity contribution is -0.142. The summed E-state index contributed by atoms with van der Waals surface area (Å²) in [5.41, 5.74) is 2.94. The lowest BCUT2D eigenvalue weighted by atomic mass is 9.93. The fourth-order valence-electron chi connectivity index (χ4n) is 3.07. The van der Waals surface area contributed by atoms with Crippen LogP contribution in [0.2, 0.25) is 0 Å². The van der Waals surface area contributed by atoms with Gasteiger partial charge >= 0.3 is 5.97 Å². The molecule has 1 atom stereocenters. The van der Waals surface area contributed by atoms with E-state index >= 15 is 0 Å². The van der Waals surface area contributed by atoms with Gasteiger partial charge in [-0.2, -0.15) is 0 Å². The van der Waals surface area contributed by atoms with E-state index in [1.165, 1.54) is 5.56 Å². The Hall–Kier alpha value is -3.17. The number of aryl methyl sites for hydroxylation is 1. The van der Waals surface area contributed by atoms with E-state index in [4.69, 9.17) is 0 Å². The van der Waals surface area contributed by atoms with Crippen LogP contribution < -0.4 is 5.32 Å². The summed E-state index contributed by atoms with van der Waals surface area (Å²) in [7, 11) is 0. The van der Waals surface area contributed by atoms with Gasteiger partial charge in [0, 0.05) is 0 Å². The average Bonchev–Trinajstić information content (AvgIpc) is 2.73. The van der Waals surface area contributed by atoms with E-state index in [0.29, 0.717) is 0 Å². The lowest BCUT2D eigenvalue weighted by Gasteiger charge is -2.30. The number of carboxylic acids is 1. The first-order valence-corrected chi connectivity index (χ1v) is 9.35. The van der Waals surface area contributed by atoms with Crippen LogP contribution in [0, 0.1) is 6.92 Å². The molecular formula is C25H25NO2. The molecule has 3 aromatic carbocycles. The van der Waals surface area contributed by atoms with Gasteiger partial charge in [0.1, 0.15) is 5.54 Å². The molecule has 3 heteroatoms. The van der Waals surface area contributed by atoms with Gasteiger partial charge < -0.3 is 5.11 Å². The molecule has 0 aliphatic rings. The van der Waals surface area contributed by atoms with E-state index in [0.717, 1.165) is 16.7 Å². The minimum absolute atomic E-state index is 0.244. The largest absolute Gasteiger partial charge is 0.480 e. The van der Waals surface area contributed by atoms with Crippen molar-refractivity contribution < 1.29 is 9.90 Å². The van der Waals surface area contributed by atoms with Gasteiger partial charge in [0.25, 0.3) is 0 Å². The fourth-order valence-corrected chi connectivity index (χ4v) is 3.07. The van der Waals surface area contributed by atoms with Crippen LogP contribution >= 0.6 is 0 Å². The van der Waals surface area contributed by atoms with Crippen LogP contribution in [0.25, 0.3) is 6.08 Å². The minimum atomic E-state index is -1.23. The molecular weight excluding hydrogens is 346 g/mol. The van der Waals surface area contributed by atoms with Crippen molar-refractivity contribution in [3.8, 4) is 0 Å². The Morgan fingerprint density at radius 1 is 0.893 bits per heavy atom. The van der Waals surface area contributed by atoms with Crippen molar-refractivity contribution in [2.45, 2.75) is 25.4 Å². The van der Waals surface area contributed by atoms with E-state index in [2.05, 4.69) is 5.32 Å². The monoisotopic (exact) mass is 371 g/mol. The maximum absolute atomic E-state index is 12.2. The molecule has 0 saturated carbocycles. The Labute approximate surface area is 166 Å². The first kappa shape index (κ1) is 19.6. The zero-order valence-electron chi connectivity index (χ0n) is 16.2. The van der Waals surface area contributed by atoms with Gasteiger partial charge in [0.2, 0.25) is 0 Å². The van der Waals surface area contributed by atoms with Crippen LogP contribution in [0.3, 0.4) is 0 Å². The lowest BCUT2D eigenvalue weighted by Crippen LogP contribution is -2.49. The summed E-state index contributed by atoms with van der Waals surface area (Å²) in [5, 5.41) is 13.3. The third-order valence-corrected chi connectivity index (χ3v) is 4.84. The van der Waals surface area contributed by atoms with Gasteiger partial charge in [-0.3, -0.25) is 5.32 Å². The third-order valence-electron chi connectivity index (χ3n) is 4.84. The van der Waals surface area contributed by atoms with Crippen molar-refractivity contribution in [1.29, 1.82) is 0 Å². The fraction of sp³-hybridized carbons (Fsp3) is 0.160. The molecule has 0 aliphatic heterocycles. The van der Waals surface area contributed by atoms with E-state index in [9.17, 15) is 9.90 Å². The molecule has 0 bridgehead atoms. The molecule has 3 nitrogen and oxygen atoms in total. The highest BCUT2D eigenvalue weighted by atomic mass is 16.4. The van der Waals surface area contributed by atoms with Gasteiger partial charge in [0.05, 0.1) is 6.04 Å². The Morgan fingerprint density at radius 3 is 1.86 bits per heavy atom. The quantitative estimate of drug-likeness (QED) is 0.598. The molecule has 0 fully saturated rings. The van der Waals surface area contributed by atoms with Crippen LogP contribution in [0.1, 0.15) is 35.2 Å². The zero-order valence-corrected chi connectivity index (χ0v) is 16.2. The van der Waals surface area contributed by atoms with Gasteiger partial charge in [-0.1, -0.05) is 103 Å². The van der Waals surface area contributed by atoms with E-state index in [1.54, 1.807) is 13.0 Å². The molecule has 0 aliphatic carbocycles. The van der Waals surface area contributed by atoms with Crippen LogP contribution in [0.5, 0.6) is 0 Å². The summed E-state index contributed by atoms with van der Waals surface area (Å²) in [6.07, 6.45) is 3.58. The van der Waals surface area contributed by atoms with E-state index in [1.807, 2.05) is 97.9 Å². The number of benzene rings is 3. The molecule has 0 spiro atoms. The second kappa shape index (κ2) is 8.68. The van der Waals surface area contributed by atoms with Crippen molar-refractivity contribution in [1.82, 2.24) is 5.32 Å². The number of nitrogens with one attached hydrogen (secondary N) is 1. The molecule has 0 heterocycles. The van der Waals surface area contributed by atoms with Gasteiger partial charge in [-0.25, -0.2) is 4.79 Å². The number of aliphatic carboxylic acids is 1. The Balaban J connectivity index is 1.95. The van der Waals surface area contributed by atoms with Crippen LogP contribution in [-0.4, -0.2) is 16.6 Å². The molecule has 3 rings (SSSR count). The van der Waals surface area contributed by atoms with E-state index < -0.39 is 11.5 Å². The maximum atomic E-state index is 12.2. The smallest absolute Gasteiger partial charge is 0.327 e. The number of hydrogen-bond acceptors (Lipinski definition) is 2. The molecule has 0 saturated heterocycles. The minimum Gasteiger partial charge on any atom is -0.480 e. The molecule has 2 N–H and O–H groups in total. The van der Waals surface area contributed by atoms with Gasteiger partial charge in [0.15, 0.2) is 0 Å². The molecule has 1 unspecified atom stereocenters. The Morgan fingerprint density at radius 2 is 1.39 bits per heavy atom. The van der Waals surface area contributed by atoms with Gasteiger partial charge in [-0.05, 0) is 30.5 Å². The second-order valence-electron chi connectivity index (χ2n) is 7.15. The van der Waals surface area contributed by atoms with Crippen LogP contribution in [0.4, 0.5) is 0 Å². The molecule has 0 amide bonds. The summed E-state index contributed by atoms with van der Waals surface area (Å²) >= 11 is 0. The molecule has 0 radical (unpaired) electrons. The predicted molar refractivity (Wildman–Crippen MR) is 114 cm³/mol. The summed E-state index contributed by atoms with van der Waals surface area (Å²) < 4.78 is 0. The molecule has 0 aromatic heterocycles.